The molecule has 0 bridgehead atoms. The fourth-order valence-corrected chi connectivity index (χ4v) is 4.65. The highest BCUT2D eigenvalue weighted by atomic mass is 19.1. The van der Waals surface area contributed by atoms with Crippen molar-refractivity contribution in [2.24, 2.45) is 5.92 Å². The Bertz CT molecular complexity index is 1190. The van der Waals surface area contributed by atoms with Gasteiger partial charge in [0.2, 0.25) is 5.91 Å². The number of hydrogen-bond acceptors (Lipinski definition) is 5. The van der Waals surface area contributed by atoms with Crippen molar-refractivity contribution < 1.29 is 18.4 Å². The smallest absolute Gasteiger partial charge is 0.254 e. The molecule has 7 nitrogen and oxygen atoms in total. The Morgan fingerprint density at radius 1 is 0.943 bits per heavy atom. The maximum absolute atomic E-state index is 13.5. The Kier molecular flexibility index (Phi) is 6.39. The van der Waals surface area contributed by atoms with Crippen LogP contribution in [0.2, 0.25) is 0 Å². The Labute approximate surface area is 201 Å². The molecular weight excluding hydrogens is 452 g/mol. The van der Waals surface area contributed by atoms with Crippen LogP contribution in [0.4, 0.5) is 20.3 Å². The van der Waals surface area contributed by atoms with Gasteiger partial charge < -0.3 is 15.1 Å². The minimum Gasteiger partial charge on any atom is -0.353 e. The van der Waals surface area contributed by atoms with Gasteiger partial charge in [0.1, 0.15) is 11.6 Å². The average Bonchev–Trinajstić information content (AvgIpc) is 2.83. The molecular formula is C26H25F2N5O2. The Balaban J connectivity index is 1.11. The highest BCUT2D eigenvalue weighted by Crippen LogP contribution is 2.30. The van der Waals surface area contributed by atoms with Gasteiger partial charge in [0, 0.05) is 49.7 Å². The Morgan fingerprint density at radius 2 is 1.63 bits per heavy atom. The minimum atomic E-state index is -0.754. The van der Waals surface area contributed by atoms with Gasteiger partial charge in [-0.25, -0.2) is 8.78 Å². The average molecular weight is 478 g/mol. The van der Waals surface area contributed by atoms with Crippen molar-refractivity contribution >= 4 is 23.3 Å². The molecule has 5 rings (SSSR count). The second-order valence-corrected chi connectivity index (χ2v) is 9.02. The molecule has 2 saturated heterocycles. The van der Waals surface area contributed by atoms with Crippen molar-refractivity contribution in [2.45, 2.75) is 18.8 Å². The second kappa shape index (κ2) is 9.77. The van der Waals surface area contributed by atoms with E-state index in [0.717, 1.165) is 48.1 Å². The van der Waals surface area contributed by atoms with Crippen LogP contribution in [0.1, 0.15) is 34.7 Å². The monoisotopic (exact) mass is 477 g/mol. The number of rotatable bonds is 5. The first-order valence-corrected chi connectivity index (χ1v) is 11.6. The van der Waals surface area contributed by atoms with E-state index in [-0.39, 0.29) is 29.2 Å². The van der Waals surface area contributed by atoms with E-state index < -0.39 is 11.6 Å². The summed E-state index contributed by atoms with van der Waals surface area (Å²) in [5.41, 5.74) is 1.93. The third-order valence-corrected chi connectivity index (χ3v) is 6.68. The van der Waals surface area contributed by atoms with E-state index in [1.807, 2.05) is 41.3 Å². The zero-order chi connectivity index (χ0) is 24.4. The summed E-state index contributed by atoms with van der Waals surface area (Å²) in [6.45, 7) is 2.26. The fraction of sp³-hybridized carbons (Fsp3) is 0.308. The number of amides is 2. The fourth-order valence-electron chi connectivity index (χ4n) is 4.65. The summed E-state index contributed by atoms with van der Waals surface area (Å²) in [5, 5.41) is 10.9. The highest BCUT2D eigenvalue weighted by Gasteiger charge is 2.33. The third kappa shape index (κ3) is 5.13. The number of benzene rings is 2. The number of carbonyl (C=O) groups excluding carboxylic acids is 2. The van der Waals surface area contributed by atoms with Gasteiger partial charge in [-0.1, -0.05) is 12.1 Å². The molecule has 0 radical (unpaired) electrons. The molecule has 0 aliphatic carbocycles. The lowest BCUT2D eigenvalue weighted by atomic mass is 9.89. The van der Waals surface area contributed by atoms with Crippen LogP contribution in [0.15, 0.2) is 60.8 Å². The first kappa shape index (κ1) is 22.9. The SMILES string of the molecule is O=C(Nc1ccc(C2CCN(C(=O)c3cc(F)cc(F)c3)CC2)cc1)C1CN(c2cccnn2)C1. The lowest BCUT2D eigenvalue weighted by molar-refractivity contribution is -0.120. The Hall–Kier alpha value is -3.88. The predicted molar refractivity (Wildman–Crippen MR) is 127 cm³/mol. The summed E-state index contributed by atoms with van der Waals surface area (Å²) in [7, 11) is 0. The van der Waals surface area contributed by atoms with E-state index in [0.29, 0.717) is 26.2 Å². The molecule has 2 amide bonds. The van der Waals surface area contributed by atoms with Crippen LogP contribution < -0.4 is 10.2 Å². The van der Waals surface area contributed by atoms with Crippen molar-refractivity contribution in [3.8, 4) is 0 Å². The van der Waals surface area contributed by atoms with Crippen molar-refractivity contribution in [3.05, 3.63) is 83.6 Å². The number of piperidine rings is 1. The number of aromatic nitrogens is 2. The van der Waals surface area contributed by atoms with Crippen LogP contribution in [-0.2, 0) is 4.79 Å². The predicted octanol–water partition coefficient (Wildman–Crippen LogP) is 3.85. The van der Waals surface area contributed by atoms with Crippen LogP contribution in [0.5, 0.6) is 0 Å². The maximum atomic E-state index is 13.5. The molecule has 2 aliphatic heterocycles. The van der Waals surface area contributed by atoms with E-state index in [9.17, 15) is 18.4 Å². The zero-order valence-electron chi connectivity index (χ0n) is 19.0. The number of hydrogen-bond donors (Lipinski definition) is 1. The molecule has 3 heterocycles. The summed E-state index contributed by atoms with van der Waals surface area (Å²) < 4.78 is 26.9. The molecule has 0 spiro atoms. The number of nitrogens with one attached hydrogen (secondary N) is 1. The molecule has 3 aromatic rings. The topological polar surface area (TPSA) is 78.4 Å². The highest BCUT2D eigenvalue weighted by molar-refractivity contribution is 5.95. The van der Waals surface area contributed by atoms with Gasteiger partial charge in [0.05, 0.1) is 5.92 Å². The molecule has 0 unspecified atom stereocenters. The summed E-state index contributed by atoms with van der Waals surface area (Å²) in [6, 6.07) is 14.4. The van der Waals surface area contributed by atoms with Crippen molar-refractivity contribution in [1.29, 1.82) is 0 Å². The van der Waals surface area contributed by atoms with Crippen LogP contribution in [0.25, 0.3) is 0 Å². The first-order valence-electron chi connectivity index (χ1n) is 11.6. The molecule has 35 heavy (non-hydrogen) atoms. The first-order chi connectivity index (χ1) is 17.0. The summed E-state index contributed by atoms with van der Waals surface area (Å²) in [5.74, 6) is -0.916. The molecule has 2 aromatic carbocycles. The van der Waals surface area contributed by atoms with Crippen LogP contribution >= 0.6 is 0 Å². The van der Waals surface area contributed by atoms with Gasteiger partial charge in [-0.05, 0) is 60.7 Å². The normalized spacial score (nSPS) is 16.6. The van der Waals surface area contributed by atoms with Gasteiger partial charge in [0.25, 0.3) is 5.91 Å². The summed E-state index contributed by atoms with van der Waals surface area (Å²) in [6.07, 6.45) is 3.14. The number of carbonyl (C=O) groups is 2. The lowest BCUT2D eigenvalue weighted by Crippen LogP contribution is -2.52. The molecule has 1 aromatic heterocycles. The lowest BCUT2D eigenvalue weighted by Gasteiger charge is -2.38. The summed E-state index contributed by atoms with van der Waals surface area (Å²) in [4.78, 5) is 28.8. The number of halogens is 2. The molecule has 1 N–H and O–H groups in total. The van der Waals surface area contributed by atoms with Crippen molar-refractivity contribution in [2.75, 3.05) is 36.4 Å². The molecule has 2 aliphatic rings. The minimum absolute atomic E-state index is 0.0153. The standard InChI is InChI=1S/C26H25F2N5O2/c27-21-12-19(13-22(28)14-21)26(35)32-10-7-18(8-11-32)17-3-5-23(6-4-17)30-25(34)20-15-33(16-20)24-2-1-9-29-31-24/h1-6,9,12-14,18,20H,7-8,10-11,15-16H2,(H,30,34). The van der Waals surface area contributed by atoms with E-state index in [4.69, 9.17) is 0 Å². The third-order valence-electron chi connectivity index (χ3n) is 6.68. The van der Waals surface area contributed by atoms with E-state index in [1.54, 1.807) is 11.1 Å². The van der Waals surface area contributed by atoms with Gasteiger partial charge in [-0.2, -0.15) is 5.10 Å². The maximum Gasteiger partial charge on any atom is 0.254 e. The largest absolute Gasteiger partial charge is 0.353 e. The number of anilines is 2. The Morgan fingerprint density at radius 3 is 2.26 bits per heavy atom. The molecule has 0 saturated carbocycles. The van der Waals surface area contributed by atoms with E-state index in [2.05, 4.69) is 15.5 Å². The van der Waals surface area contributed by atoms with Gasteiger partial charge >= 0.3 is 0 Å². The van der Waals surface area contributed by atoms with Gasteiger partial charge in [-0.15, -0.1) is 5.10 Å². The second-order valence-electron chi connectivity index (χ2n) is 9.02. The molecule has 9 heteroatoms. The molecule has 180 valence electrons. The van der Waals surface area contributed by atoms with Crippen LogP contribution in [0, 0.1) is 17.6 Å². The van der Waals surface area contributed by atoms with E-state index >= 15 is 0 Å². The summed E-state index contributed by atoms with van der Waals surface area (Å²) >= 11 is 0. The molecule has 2 fully saturated rings. The number of likely N-dealkylation sites (tertiary alicyclic amines) is 1. The van der Waals surface area contributed by atoms with Crippen LogP contribution in [0.3, 0.4) is 0 Å². The van der Waals surface area contributed by atoms with Crippen LogP contribution in [-0.4, -0.2) is 53.1 Å². The van der Waals surface area contributed by atoms with Crippen molar-refractivity contribution in [1.82, 2.24) is 15.1 Å². The van der Waals surface area contributed by atoms with Gasteiger partial charge in [0.15, 0.2) is 5.82 Å². The van der Waals surface area contributed by atoms with Gasteiger partial charge in [-0.3, -0.25) is 9.59 Å². The zero-order valence-corrected chi connectivity index (χ0v) is 19.0. The van der Waals surface area contributed by atoms with Crippen molar-refractivity contribution in [3.63, 3.8) is 0 Å². The quantitative estimate of drug-likeness (QED) is 0.604. The number of nitrogens with zero attached hydrogens (tertiary/aromatic N) is 4. The van der Waals surface area contributed by atoms with E-state index in [1.165, 1.54) is 0 Å². The molecule has 0 atom stereocenters.